The first-order valence-electron chi connectivity index (χ1n) is 8.19. The van der Waals surface area contributed by atoms with Crippen LogP contribution in [0.1, 0.15) is 19.4 Å². The molecule has 6 nitrogen and oxygen atoms in total. The van der Waals surface area contributed by atoms with Crippen LogP contribution in [0.25, 0.3) is 0 Å². The van der Waals surface area contributed by atoms with Crippen molar-refractivity contribution in [2.24, 2.45) is 0 Å². The molecular weight excluding hydrogens is 436 g/mol. The van der Waals surface area contributed by atoms with E-state index in [1.54, 1.807) is 13.8 Å². The molecule has 11 heteroatoms. The zero-order valence-corrected chi connectivity index (χ0v) is 17.0. The summed E-state index contributed by atoms with van der Waals surface area (Å²) in [4.78, 5) is 8.64. The van der Waals surface area contributed by atoms with Crippen LogP contribution in [0.5, 0.6) is 17.2 Å². The number of benzene rings is 2. The molecule has 0 amide bonds. The normalized spacial score (nSPS) is 13.7. The van der Waals surface area contributed by atoms with E-state index in [0.717, 1.165) is 18.2 Å². The van der Waals surface area contributed by atoms with Crippen LogP contribution < -0.4 is 9.47 Å². The minimum Gasteiger partial charge on any atom is -0.485 e. The van der Waals surface area contributed by atoms with Crippen LogP contribution in [-0.2, 0) is 15.3 Å². The molecular formula is C18H18ClF3O6P+. The van der Waals surface area contributed by atoms with E-state index in [4.69, 9.17) is 26.0 Å². The van der Waals surface area contributed by atoms with Crippen LogP contribution in [0.3, 0.4) is 0 Å². The van der Waals surface area contributed by atoms with Crippen LogP contribution in [-0.4, -0.2) is 28.3 Å². The molecule has 0 saturated heterocycles. The second-order valence-electron chi connectivity index (χ2n) is 6.47. The maximum Gasteiger partial charge on any atom is 0.694 e. The highest BCUT2D eigenvalue weighted by atomic mass is 35.5. The zero-order valence-electron chi connectivity index (χ0n) is 15.3. The Bertz CT molecular complexity index is 858. The third-order valence-electron chi connectivity index (χ3n) is 3.84. The van der Waals surface area contributed by atoms with E-state index in [1.165, 1.54) is 24.3 Å². The van der Waals surface area contributed by atoms with Crippen molar-refractivity contribution in [3.05, 3.63) is 53.1 Å². The van der Waals surface area contributed by atoms with Gasteiger partial charge in [0.1, 0.15) is 35.6 Å². The second-order valence-corrected chi connectivity index (χ2v) is 7.61. The van der Waals surface area contributed by atoms with Gasteiger partial charge in [0.05, 0.1) is 10.6 Å². The fraction of sp³-hybridized carbons (Fsp3) is 0.333. The average molecular weight is 454 g/mol. The van der Waals surface area contributed by atoms with Crippen molar-refractivity contribution < 1.29 is 41.7 Å². The SMILES string of the molecule is CC(C)(Oc1ccc(Oc2ccc(C(F)(F)F)cc2Cl)cc1)C(O)CO[P+](=O)O. The molecule has 2 atom stereocenters. The fourth-order valence-electron chi connectivity index (χ4n) is 2.17. The zero-order chi connectivity index (χ0) is 21.8. The van der Waals surface area contributed by atoms with Crippen molar-refractivity contribution in [3.8, 4) is 17.2 Å². The summed E-state index contributed by atoms with van der Waals surface area (Å²) < 4.78 is 64.3. The van der Waals surface area contributed by atoms with Gasteiger partial charge in [0.15, 0.2) is 0 Å². The molecule has 0 aliphatic rings. The Morgan fingerprint density at radius 3 is 2.21 bits per heavy atom. The molecule has 158 valence electrons. The lowest BCUT2D eigenvalue weighted by atomic mass is 10.0. The Hall–Kier alpha value is -1.90. The molecule has 0 fully saturated rings. The van der Waals surface area contributed by atoms with Crippen LogP contribution in [0.2, 0.25) is 5.02 Å². The highest BCUT2D eigenvalue weighted by molar-refractivity contribution is 7.32. The van der Waals surface area contributed by atoms with E-state index in [2.05, 4.69) is 4.52 Å². The van der Waals surface area contributed by atoms with Gasteiger partial charge in [0.2, 0.25) is 0 Å². The van der Waals surface area contributed by atoms with Gasteiger partial charge in [-0.3, -0.25) is 0 Å². The molecule has 2 rings (SSSR count). The predicted molar refractivity (Wildman–Crippen MR) is 99.5 cm³/mol. The maximum absolute atomic E-state index is 12.7. The van der Waals surface area contributed by atoms with Gasteiger partial charge >= 0.3 is 14.4 Å². The van der Waals surface area contributed by atoms with E-state index in [-0.39, 0.29) is 10.8 Å². The number of ether oxygens (including phenoxy) is 2. The number of rotatable bonds is 8. The molecule has 29 heavy (non-hydrogen) atoms. The number of aliphatic hydroxyl groups is 1. The molecule has 0 spiro atoms. The van der Waals surface area contributed by atoms with Crippen LogP contribution in [0.4, 0.5) is 13.2 Å². The van der Waals surface area contributed by atoms with E-state index in [1.807, 2.05) is 0 Å². The topological polar surface area (TPSA) is 85.2 Å². The van der Waals surface area contributed by atoms with Gasteiger partial charge in [0.25, 0.3) is 0 Å². The van der Waals surface area contributed by atoms with Crippen LogP contribution in [0.15, 0.2) is 42.5 Å². The van der Waals surface area contributed by atoms with Crippen LogP contribution >= 0.6 is 19.9 Å². The molecule has 2 unspecified atom stereocenters. The summed E-state index contributed by atoms with van der Waals surface area (Å²) in [5, 5.41) is 9.85. The lowest BCUT2D eigenvalue weighted by Crippen LogP contribution is -2.44. The van der Waals surface area contributed by atoms with Crippen molar-refractivity contribution in [2.45, 2.75) is 31.7 Å². The molecule has 2 aromatic rings. The van der Waals surface area contributed by atoms with Crippen molar-refractivity contribution in [3.63, 3.8) is 0 Å². The minimum absolute atomic E-state index is 0.0550. The third kappa shape index (κ3) is 6.83. The molecule has 0 aliphatic carbocycles. The first kappa shape index (κ1) is 23.4. The minimum atomic E-state index is -4.50. The third-order valence-corrected chi connectivity index (χ3v) is 4.50. The summed E-state index contributed by atoms with van der Waals surface area (Å²) in [6.07, 6.45) is -5.69. The Kier molecular flexibility index (Phi) is 7.48. The van der Waals surface area contributed by atoms with Crippen molar-refractivity contribution in [2.75, 3.05) is 6.61 Å². The quantitative estimate of drug-likeness (QED) is 0.525. The molecule has 0 heterocycles. The summed E-state index contributed by atoms with van der Waals surface area (Å²) >= 11 is 5.86. The van der Waals surface area contributed by atoms with Gasteiger partial charge in [-0.2, -0.15) is 13.2 Å². The van der Waals surface area contributed by atoms with E-state index in [9.17, 15) is 22.8 Å². The van der Waals surface area contributed by atoms with Crippen molar-refractivity contribution in [1.82, 2.24) is 0 Å². The van der Waals surface area contributed by atoms with Gasteiger partial charge in [0, 0.05) is 4.57 Å². The molecule has 0 bridgehead atoms. The van der Waals surface area contributed by atoms with Gasteiger partial charge in [-0.1, -0.05) is 11.6 Å². The van der Waals surface area contributed by atoms with Crippen LogP contribution in [0, 0.1) is 0 Å². The first-order chi connectivity index (χ1) is 13.4. The standard InChI is InChI=1S/C18H17ClF3O6P/c1-17(2,16(23)10-26-29(24)25)28-13-6-4-12(5-7-13)27-15-8-3-11(9-14(15)19)18(20,21)22/h3-9,16,23H,10H2,1-2H3/p+1. The lowest BCUT2D eigenvalue weighted by molar-refractivity contribution is -0.137. The number of hydrogen-bond donors (Lipinski definition) is 2. The number of aliphatic hydroxyl groups excluding tert-OH is 1. The van der Waals surface area contributed by atoms with Gasteiger partial charge in [-0.15, -0.1) is 9.42 Å². The van der Waals surface area contributed by atoms with Crippen molar-refractivity contribution in [1.29, 1.82) is 0 Å². The summed E-state index contributed by atoms with van der Waals surface area (Å²) in [6, 6.07) is 8.83. The molecule has 0 aliphatic heterocycles. The summed E-state index contributed by atoms with van der Waals surface area (Å²) in [5.74, 6) is 0.714. The highest BCUT2D eigenvalue weighted by Crippen LogP contribution is 2.36. The smallest absolute Gasteiger partial charge is 0.485 e. The largest absolute Gasteiger partial charge is 0.694 e. The lowest BCUT2D eigenvalue weighted by Gasteiger charge is -2.30. The molecule has 2 aromatic carbocycles. The number of alkyl halides is 3. The summed E-state index contributed by atoms with van der Waals surface area (Å²) in [7, 11) is -2.83. The van der Waals surface area contributed by atoms with E-state index in [0.29, 0.717) is 11.5 Å². The Labute approximate surface area is 170 Å². The molecule has 0 radical (unpaired) electrons. The highest BCUT2D eigenvalue weighted by Gasteiger charge is 2.33. The Morgan fingerprint density at radius 2 is 1.69 bits per heavy atom. The predicted octanol–water partition coefficient (Wildman–Crippen LogP) is 5.34. The van der Waals surface area contributed by atoms with Crippen molar-refractivity contribution >= 4 is 19.9 Å². The molecule has 2 N–H and O–H groups in total. The maximum atomic E-state index is 12.7. The number of hydrogen-bond acceptors (Lipinski definition) is 5. The van der Waals surface area contributed by atoms with E-state index < -0.39 is 38.3 Å². The fourth-order valence-corrected chi connectivity index (χ4v) is 2.66. The van der Waals surface area contributed by atoms with Gasteiger partial charge in [-0.25, -0.2) is 0 Å². The number of halogens is 4. The van der Waals surface area contributed by atoms with Gasteiger partial charge in [-0.05, 0) is 56.3 Å². The average Bonchev–Trinajstić information content (AvgIpc) is 2.61. The Balaban J connectivity index is 2.04. The Morgan fingerprint density at radius 1 is 1.10 bits per heavy atom. The molecule has 0 saturated carbocycles. The second kappa shape index (κ2) is 9.28. The van der Waals surface area contributed by atoms with Gasteiger partial charge < -0.3 is 14.6 Å². The summed E-state index contributed by atoms with van der Waals surface area (Å²) in [6.45, 7) is 2.74. The molecule has 0 aromatic heterocycles. The summed E-state index contributed by atoms with van der Waals surface area (Å²) in [5.41, 5.74) is -2.01. The monoisotopic (exact) mass is 453 g/mol. The van der Waals surface area contributed by atoms with E-state index >= 15 is 0 Å². The first-order valence-corrected chi connectivity index (χ1v) is 9.70.